The van der Waals surface area contributed by atoms with Gasteiger partial charge in [-0.15, -0.1) is 0 Å². The van der Waals surface area contributed by atoms with E-state index in [0.29, 0.717) is 0 Å². The highest BCUT2D eigenvalue weighted by molar-refractivity contribution is 4.92. The van der Waals surface area contributed by atoms with Crippen LogP contribution in [0.5, 0.6) is 0 Å². The molecule has 3 aliphatic rings. The van der Waals surface area contributed by atoms with Crippen molar-refractivity contribution >= 4 is 0 Å². The number of nitrogens with one attached hydrogen (secondary N) is 1. The summed E-state index contributed by atoms with van der Waals surface area (Å²) in [6.07, 6.45) is 13.6. The molecule has 4 unspecified atom stereocenters. The van der Waals surface area contributed by atoms with Gasteiger partial charge in [0.15, 0.2) is 0 Å². The lowest BCUT2D eigenvalue weighted by Crippen LogP contribution is -2.33. The van der Waals surface area contributed by atoms with E-state index >= 15 is 0 Å². The molecule has 0 spiro atoms. The summed E-state index contributed by atoms with van der Waals surface area (Å²) in [4.78, 5) is 0. The lowest BCUT2D eigenvalue weighted by molar-refractivity contribution is 0.267. The fraction of sp³-hybridized carbons (Fsp3) is 1.00. The predicted octanol–water partition coefficient (Wildman–Crippen LogP) is 3.98. The van der Waals surface area contributed by atoms with Gasteiger partial charge >= 0.3 is 0 Å². The minimum atomic E-state index is 0.854. The number of hydrogen-bond acceptors (Lipinski definition) is 1. The standard InChI is InChI=1S/C16H29N/c1-2-7-17-16(10-12-3-4-12)11-15-9-13-5-6-14(15)8-13/h12-17H,2-11H2,1H3. The summed E-state index contributed by atoms with van der Waals surface area (Å²) < 4.78 is 0. The molecule has 0 amide bonds. The lowest BCUT2D eigenvalue weighted by atomic mass is 9.83. The van der Waals surface area contributed by atoms with Crippen LogP contribution in [0.2, 0.25) is 0 Å². The minimum Gasteiger partial charge on any atom is -0.314 e. The second kappa shape index (κ2) is 5.30. The smallest absolute Gasteiger partial charge is 0.00724 e. The van der Waals surface area contributed by atoms with Crippen molar-refractivity contribution in [3.8, 4) is 0 Å². The van der Waals surface area contributed by atoms with Crippen LogP contribution in [0.1, 0.15) is 64.7 Å². The number of rotatable bonds is 7. The van der Waals surface area contributed by atoms with E-state index in [0.717, 1.165) is 29.7 Å². The summed E-state index contributed by atoms with van der Waals surface area (Å²) in [5, 5.41) is 3.83. The fourth-order valence-corrected chi connectivity index (χ4v) is 4.40. The van der Waals surface area contributed by atoms with Gasteiger partial charge in [-0.05, 0) is 68.7 Å². The quantitative estimate of drug-likeness (QED) is 0.704. The van der Waals surface area contributed by atoms with Crippen molar-refractivity contribution in [3.05, 3.63) is 0 Å². The first kappa shape index (κ1) is 12.0. The van der Waals surface area contributed by atoms with Gasteiger partial charge in [-0.3, -0.25) is 0 Å². The van der Waals surface area contributed by atoms with Crippen LogP contribution in [0.25, 0.3) is 0 Å². The molecule has 2 bridgehead atoms. The Morgan fingerprint density at radius 3 is 2.53 bits per heavy atom. The number of hydrogen-bond donors (Lipinski definition) is 1. The highest BCUT2D eigenvalue weighted by Gasteiger charge is 2.40. The van der Waals surface area contributed by atoms with Gasteiger partial charge in [0.25, 0.3) is 0 Å². The van der Waals surface area contributed by atoms with Gasteiger partial charge in [-0.2, -0.15) is 0 Å². The Morgan fingerprint density at radius 1 is 1.06 bits per heavy atom. The van der Waals surface area contributed by atoms with E-state index in [9.17, 15) is 0 Å². The molecule has 0 aromatic carbocycles. The molecule has 1 N–H and O–H groups in total. The first-order valence-corrected chi connectivity index (χ1v) is 8.08. The third-order valence-electron chi connectivity index (χ3n) is 5.47. The van der Waals surface area contributed by atoms with Crippen LogP contribution in [0.15, 0.2) is 0 Å². The Hall–Kier alpha value is -0.0400. The van der Waals surface area contributed by atoms with Crippen molar-refractivity contribution in [2.75, 3.05) is 6.54 Å². The summed E-state index contributed by atoms with van der Waals surface area (Å²) in [7, 11) is 0. The molecule has 0 heterocycles. The van der Waals surface area contributed by atoms with E-state index < -0.39 is 0 Å². The molecule has 0 radical (unpaired) electrons. The van der Waals surface area contributed by atoms with Gasteiger partial charge < -0.3 is 5.32 Å². The van der Waals surface area contributed by atoms with Crippen molar-refractivity contribution in [2.45, 2.75) is 70.8 Å². The molecule has 1 heteroatoms. The van der Waals surface area contributed by atoms with Crippen LogP contribution in [0.4, 0.5) is 0 Å². The van der Waals surface area contributed by atoms with E-state index in [1.54, 1.807) is 25.7 Å². The summed E-state index contributed by atoms with van der Waals surface area (Å²) in [5.74, 6) is 4.41. The maximum atomic E-state index is 3.83. The van der Waals surface area contributed by atoms with E-state index in [2.05, 4.69) is 12.2 Å². The SMILES string of the molecule is CCCNC(CC1CC1)CC1CC2CCC1C2. The molecular formula is C16H29N. The largest absolute Gasteiger partial charge is 0.314 e. The summed E-state index contributed by atoms with van der Waals surface area (Å²) in [6.45, 7) is 3.52. The van der Waals surface area contributed by atoms with E-state index in [-0.39, 0.29) is 0 Å². The summed E-state index contributed by atoms with van der Waals surface area (Å²) in [5.41, 5.74) is 0. The molecular weight excluding hydrogens is 206 g/mol. The van der Waals surface area contributed by atoms with Crippen molar-refractivity contribution in [3.63, 3.8) is 0 Å². The Morgan fingerprint density at radius 2 is 1.94 bits per heavy atom. The van der Waals surface area contributed by atoms with Crippen LogP contribution in [-0.4, -0.2) is 12.6 Å². The molecule has 98 valence electrons. The van der Waals surface area contributed by atoms with Crippen LogP contribution in [0.3, 0.4) is 0 Å². The Labute approximate surface area is 107 Å². The molecule has 17 heavy (non-hydrogen) atoms. The summed E-state index contributed by atoms with van der Waals surface area (Å²) >= 11 is 0. The average Bonchev–Trinajstić information content (AvgIpc) is 2.89. The predicted molar refractivity (Wildman–Crippen MR) is 73.0 cm³/mol. The van der Waals surface area contributed by atoms with Gasteiger partial charge in [0.2, 0.25) is 0 Å². The van der Waals surface area contributed by atoms with Gasteiger partial charge in [-0.1, -0.05) is 26.2 Å². The second-order valence-electron chi connectivity index (χ2n) is 7.00. The summed E-state index contributed by atoms with van der Waals surface area (Å²) in [6, 6.07) is 0.854. The Kier molecular flexibility index (Phi) is 3.75. The van der Waals surface area contributed by atoms with Crippen molar-refractivity contribution in [1.29, 1.82) is 0 Å². The highest BCUT2D eigenvalue weighted by atomic mass is 14.9. The second-order valence-corrected chi connectivity index (χ2v) is 7.00. The van der Waals surface area contributed by atoms with Crippen molar-refractivity contribution in [1.82, 2.24) is 5.32 Å². The first-order chi connectivity index (χ1) is 8.35. The van der Waals surface area contributed by atoms with E-state index in [4.69, 9.17) is 0 Å². The van der Waals surface area contributed by atoms with Gasteiger partial charge in [0, 0.05) is 6.04 Å². The zero-order valence-corrected chi connectivity index (χ0v) is 11.5. The van der Waals surface area contributed by atoms with Gasteiger partial charge in [0.1, 0.15) is 0 Å². The fourth-order valence-electron chi connectivity index (χ4n) is 4.40. The molecule has 3 rings (SSSR count). The van der Waals surface area contributed by atoms with E-state index in [1.807, 2.05) is 0 Å². The normalized spacial score (nSPS) is 37.6. The third-order valence-corrected chi connectivity index (χ3v) is 5.47. The molecule has 0 aromatic heterocycles. The van der Waals surface area contributed by atoms with E-state index in [1.165, 1.54) is 38.6 Å². The Bertz CT molecular complexity index is 246. The molecule has 0 saturated heterocycles. The van der Waals surface area contributed by atoms with Crippen LogP contribution in [0, 0.1) is 23.7 Å². The maximum Gasteiger partial charge on any atom is 0.00724 e. The topological polar surface area (TPSA) is 12.0 Å². The minimum absolute atomic E-state index is 0.854. The Balaban J connectivity index is 1.48. The lowest BCUT2D eigenvalue weighted by Gasteiger charge is -2.27. The van der Waals surface area contributed by atoms with Gasteiger partial charge in [0.05, 0.1) is 0 Å². The molecule has 3 saturated carbocycles. The monoisotopic (exact) mass is 235 g/mol. The molecule has 0 aliphatic heterocycles. The molecule has 1 nitrogen and oxygen atoms in total. The van der Waals surface area contributed by atoms with Crippen LogP contribution in [-0.2, 0) is 0 Å². The molecule has 3 fully saturated rings. The van der Waals surface area contributed by atoms with Crippen molar-refractivity contribution in [2.24, 2.45) is 23.7 Å². The third kappa shape index (κ3) is 3.05. The zero-order valence-electron chi connectivity index (χ0n) is 11.5. The van der Waals surface area contributed by atoms with Gasteiger partial charge in [-0.25, -0.2) is 0 Å². The van der Waals surface area contributed by atoms with Crippen molar-refractivity contribution < 1.29 is 0 Å². The van der Waals surface area contributed by atoms with Crippen LogP contribution < -0.4 is 5.32 Å². The molecule has 3 aliphatic carbocycles. The number of fused-ring (bicyclic) bond motifs is 2. The molecule has 4 atom stereocenters. The first-order valence-electron chi connectivity index (χ1n) is 8.08. The molecule has 0 aromatic rings. The zero-order chi connectivity index (χ0) is 11.7. The maximum absolute atomic E-state index is 3.83. The average molecular weight is 235 g/mol. The highest BCUT2D eigenvalue weighted by Crippen LogP contribution is 2.50. The van der Waals surface area contributed by atoms with Crippen LogP contribution >= 0.6 is 0 Å².